The number of phenolic OH excluding ortho intramolecular Hbond substituents is 1. The molecule has 0 spiro atoms. The lowest BCUT2D eigenvalue weighted by Crippen LogP contribution is -2.38. The zero-order chi connectivity index (χ0) is 21.0. The van der Waals surface area contributed by atoms with Crippen molar-refractivity contribution in [2.75, 3.05) is 38.2 Å². The van der Waals surface area contributed by atoms with Crippen LogP contribution in [-0.2, 0) is 11.3 Å². The molecule has 4 aromatic rings. The minimum Gasteiger partial charge on any atom is -0.508 e. The highest BCUT2D eigenvalue weighted by molar-refractivity contribution is 5.94. The number of nitrogens with one attached hydrogen (secondary N) is 1. The maximum absolute atomic E-state index is 9.68. The molecule has 0 atom stereocenters. The molecular formula is C24H25N5O2. The summed E-state index contributed by atoms with van der Waals surface area (Å²) in [5, 5.41) is 14.0. The second-order valence-electron chi connectivity index (χ2n) is 7.64. The van der Waals surface area contributed by atoms with Crippen molar-refractivity contribution in [1.82, 2.24) is 19.4 Å². The Balaban J connectivity index is 1.39. The van der Waals surface area contributed by atoms with Gasteiger partial charge in [-0.3, -0.25) is 4.90 Å². The van der Waals surface area contributed by atoms with E-state index in [2.05, 4.69) is 50.2 Å². The molecule has 1 aliphatic rings. The van der Waals surface area contributed by atoms with Crippen molar-refractivity contribution in [1.29, 1.82) is 0 Å². The normalized spacial score (nSPS) is 14.7. The van der Waals surface area contributed by atoms with Gasteiger partial charge in [-0.25, -0.2) is 9.97 Å². The van der Waals surface area contributed by atoms with E-state index in [0.717, 1.165) is 56.3 Å². The van der Waals surface area contributed by atoms with Gasteiger partial charge in [0.2, 0.25) is 5.95 Å². The Kier molecular flexibility index (Phi) is 5.52. The third kappa shape index (κ3) is 4.38. The maximum Gasteiger partial charge on any atom is 0.227 e. The van der Waals surface area contributed by atoms with E-state index in [1.54, 1.807) is 24.4 Å². The Hall–Kier alpha value is -3.42. The van der Waals surface area contributed by atoms with Gasteiger partial charge in [0.05, 0.1) is 18.9 Å². The van der Waals surface area contributed by atoms with Gasteiger partial charge in [-0.2, -0.15) is 0 Å². The van der Waals surface area contributed by atoms with Crippen LogP contribution in [0.2, 0.25) is 0 Å². The predicted molar refractivity (Wildman–Crippen MR) is 122 cm³/mol. The zero-order valence-corrected chi connectivity index (χ0v) is 17.2. The molecule has 5 rings (SSSR count). The molecule has 0 amide bonds. The number of rotatable bonds is 6. The Labute approximate surface area is 180 Å². The van der Waals surface area contributed by atoms with Gasteiger partial charge in [-0.15, -0.1) is 0 Å². The van der Waals surface area contributed by atoms with Crippen LogP contribution < -0.4 is 5.32 Å². The molecule has 0 aliphatic carbocycles. The van der Waals surface area contributed by atoms with Gasteiger partial charge < -0.3 is 19.7 Å². The molecule has 2 aromatic heterocycles. The molecule has 2 aromatic carbocycles. The molecule has 2 N–H and O–H groups in total. The van der Waals surface area contributed by atoms with Crippen molar-refractivity contribution in [3.8, 4) is 17.0 Å². The van der Waals surface area contributed by atoms with E-state index < -0.39 is 0 Å². The topological polar surface area (TPSA) is 75.4 Å². The summed E-state index contributed by atoms with van der Waals surface area (Å²) in [6.07, 6.45) is 3.91. The third-order valence-electron chi connectivity index (χ3n) is 5.61. The highest BCUT2D eigenvalue weighted by Crippen LogP contribution is 2.29. The summed E-state index contributed by atoms with van der Waals surface area (Å²) in [7, 11) is 0. The van der Waals surface area contributed by atoms with Gasteiger partial charge in [0.15, 0.2) is 0 Å². The number of fused-ring (bicyclic) bond motifs is 1. The third-order valence-corrected chi connectivity index (χ3v) is 5.61. The zero-order valence-electron chi connectivity index (χ0n) is 17.2. The van der Waals surface area contributed by atoms with Gasteiger partial charge in [0.25, 0.3) is 0 Å². The van der Waals surface area contributed by atoms with Gasteiger partial charge in [0.1, 0.15) is 5.75 Å². The van der Waals surface area contributed by atoms with Gasteiger partial charge in [-0.1, -0.05) is 18.2 Å². The monoisotopic (exact) mass is 415 g/mol. The number of hydrogen-bond acceptors (Lipinski definition) is 6. The summed E-state index contributed by atoms with van der Waals surface area (Å²) in [6.45, 7) is 5.61. The van der Waals surface area contributed by atoms with E-state index in [4.69, 9.17) is 9.72 Å². The Morgan fingerprint density at radius 3 is 2.74 bits per heavy atom. The smallest absolute Gasteiger partial charge is 0.227 e. The number of nitrogens with zero attached hydrogens (tertiary/aromatic N) is 4. The van der Waals surface area contributed by atoms with E-state index in [-0.39, 0.29) is 5.75 Å². The van der Waals surface area contributed by atoms with E-state index in [1.807, 2.05) is 12.1 Å². The number of benzene rings is 2. The molecule has 0 saturated carbocycles. The molecule has 0 bridgehead atoms. The van der Waals surface area contributed by atoms with Crippen molar-refractivity contribution in [2.45, 2.75) is 6.54 Å². The molecule has 158 valence electrons. The van der Waals surface area contributed by atoms with Gasteiger partial charge in [0, 0.05) is 66.8 Å². The lowest BCUT2D eigenvalue weighted by Gasteiger charge is -2.26. The summed E-state index contributed by atoms with van der Waals surface area (Å²) in [4.78, 5) is 11.5. The fourth-order valence-corrected chi connectivity index (χ4v) is 4.00. The molecule has 7 heteroatoms. The summed E-state index contributed by atoms with van der Waals surface area (Å²) >= 11 is 0. The highest BCUT2D eigenvalue weighted by Gasteiger charge is 2.13. The second kappa shape index (κ2) is 8.75. The fraction of sp³-hybridized carbons (Fsp3) is 0.250. The lowest BCUT2D eigenvalue weighted by atomic mass is 10.1. The first-order chi connectivity index (χ1) is 15.3. The SMILES string of the molecule is Oc1cccc(Nc2nccc(-c3cccc4c3ccn4CCN3CCOCC3)n2)c1. The number of phenols is 1. The quantitative estimate of drug-likeness (QED) is 0.498. The van der Waals surface area contributed by atoms with Gasteiger partial charge in [-0.05, 0) is 30.3 Å². The van der Waals surface area contributed by atoms with Crippen LogP contribution in [0.1, 0.15) is 0 Å². The fourth-order valence-electron chi connectivity index (χ4n) is 4.00. The van der Waals surface area contributed by atoms with Crippen LogP contribution in [0.5, 0.6) is 5.75 Å². The molecule has 0 unspecified atom stereocenters. The largest absolute Gasteiger partial charge is 0.508 e. The number of ether oxygens (including phenoxy) is 1. The van der Waals surface area contributed by atoms with Crippen molar-refractivity contribution in [3.05, 3.63) is 67.0 Å². The summed E-state index contributed by atoms with van der Waals surface area (Å²) < 4.78 is 7.75. The average Bonchev–Trinajstić information content (AvgIpc) is 3.22. The molecular weight excluding hydrogens is 390 g/mol. The van der Waals surface area contributed by atoms with Gasteiger partial charge >= 0.3 is 0 Å². The molecule has 0 radical (unpaired) electrons. The minimum absolute atomic E-state index is 0.198. The molecule has 1 aliphatic heterocycles. The molecule has 1 fully saturated rings. The van der Waals surface area contributed by atoms with Crippen molar-refractivity contribution in [2.24, 2.45) is 0 Å². The number of aromatic nitrogens is 3. The number of anilines is 2. The van der Waals surface area contributed by atoms with E-state index in [1.165, 1.54) is 10.9 Å². The Morgan fingerprint density at radius 1 is 1.00 bits per heavy atom. The Morgan fingerprint density at radius 2 is 1.87 bits per heavy atom. The number of hydrogen-bond donors (Lipinski definition) is 2. The standard InChI is InChI=1S/C24H25N5O2/c30-19-4-1-3-18(17-19)26-24-25-9-7-22(27-24)20-5-2-6-23-21(20)8-10-29(23)12-11-28-13-15-31-16-14-28/h1-10,17,30H,11-16H2,(H,25,26,27). The summed E-state index contributed by atoms with van der Waals surface area (Å²) in [5.74, 6) is 0.691. The summed E-state index contributed by atoms with van der Waals surface area (Å²) in [6, 6.07) is 17.3. The van der Waals surface area contributed by atoms with Crippen LogP contribution in [0.3, 0.4) is 0 Å². The van der Waals surface area contributed by atoms with E-state index in [0.29, 0.717) is 5.95 Å². The van der Waals surface area contributed by atoms with E-state index >= 15 is 0 Å². The van der Waals surface area contributed by atoms with Crippen molar-refractivity contribution in [3.63, 3.8) is 0 Å². The minimum atomic E-state index is 0.198. The Bertz CT molecular complexity index is 1180. The molecule has 31 heavy (non-hydrogen) atoms. The first-order valence-corrected chi connectivity index (χ1v) is 10.5. The molecule has 3 heterocycles. The molecule has 7 nitrogen and oxygen atoms in total. The number of aromatic hydroxyl groups is 1. The van der Waals surface area contributed by atoms with Crippen LogP contribution in [0.25, 0.3) is 22.2 Å². The highest BCUT2D eigenvalue weighted by atomic mass is 16.5. The van der Waals surface area contributed by atoms with Crippen molar-refractivity contribution >= 4 is 22.5 Å². The van der Waals surface area contributed by atoms with Crippen LogP contribution >= 0.6 is 0 Å². The second-order valence-corrected chi connectivity index (χ2v) is 7.64. The molecule has 1 saturated heterocycles. The average molecular weight is 415 g/mol. The lowest BCUT2D eigenvalue weighted by molar-refractivity contribution is 0.0365. The maximum atomic E-state index is 9.68. The first-order valence-electron chi connectivity index (χ1n) is 10.5. The predicted octanol–water partition coefficient (Wildman–Crippen LogP) is 3.88. The van der Waals surface area contributed by atoms with Crippen LogP contribution in [0.4, 0.5) is 11.6 Å². The first kappa shape index (κ1) is 19.5. The van der Waals surface area contributed by atoms with Crippen LogP contribution in [0, 0.1) is 0 Å². The number of morpholine rings is 1. The van der Waals surface area contributed by atoms with Crippen LogP contribution in [-0.4, -0.2) is 57.4 Å². The van der Waals surface area contributed by atoms with E-state index in [9.17, 15) is 5.11 Å². The van der Waals surface area contributed by atoms with Crippen LogP contribution in [0.15, 0.2) is 67.0 Å². The van der Waals surface area contributed by atoms with Crippen molar-refractivity contribution < 1.29 is 9.84 Å². The summed E-state index contributed by atoms with van der Waals surface area (Å²) in [5.41, 5.74) is 3.87.